The zero-order chi connectivity index (χ0) is 29.8. The van der Waals surface area contributed by atoms with Crippen molar-refractivity contribution >= 4 is 61.6 Å². The first kappa shape index (κ1) is 29.6. The Bertz CT molecular complexity index is 1590. The minimum Gasteiger partial charge on any atom is -0.444 e. The van der Waals surface area contributed by atoms with Crippen LogP contribution in [0.3, 0.4) is 0 Å². The van der Waals surface area contributed by atoms with E-state index in [9.17, 15) is 14.9 Å². The van der Waals surface area contributed by atoms with E-state index in [0.29, 0.717) is 51.2 Å². The number of fused-ring (bicyclic) bond motifs is 4. The van der Waals surface area contributed by atoms with Gasteiger partial charge in [-0.15, -0.1) is 11.8 Å². The molecule has 2 aliphatic heterocycles. The quantitative estimate of drug-likeness (QED) is 0.296. The predicted molar refractivity (Wildman–Crippen MR) is 159 cm³/mol. The summed E-state index contributed by atoms with van der Waals surface area (Å²) in [5.74, 6) is 0.397. The lowest BCUT2D eigenvalue weighted by molar-refractivity contribution is -0.128. The van der Waals surface area contributed by atoms with Gasteiger partial charge in [-0.2, -0.15) is 5.26 Å². The van der Waals surface area contributed by atoms with Crippen molar-refractivity contribution < 1.29 is 18.7 Å². The second-order valence-electron chi connectivity index (χ2n) is 11.9. The Morgan fingerprint density at radius 3 is 2.63 bits per heavy atom. The van der Waals surface area contributed by atoms with E-state index >= 15 is 4.39 Å². The summed E-state index contributed by atoms with van der Waals surface area (Å²) in [7, 11) is 3.45. The highest BCUT2D eigenvalue weighted by molar-refractivity contribution is 9.10. The number of halogens is 2. The number of ether oxygens (including phenoxy) is 1. The highest BCUT2D eigenvalue weighted by Gasteiger charge is 2.56. The molecule has 0 spiro atoms. The summed E-state index contributed by atoms with van der Waals surface area (Å²) < 4.78 is 24.0. The fraction of sp³-hybridized carbons (Fsp3) is 0.552. The van der Waals surface area contributed by atoms with Crippen molar-refractivity contribution in [2.75, 3.05) is 26.9 Å². The van der Waals surface area contributed by atoms with Crippen molar-refractivity contribution in [3.63, 3.8) is 0 Å². The Morgan fingerprint density at radius 1 is 1.27 bits per heavy atom. The number of hydrogen-bond acceptors (Lipinski definition) is 7. The number of carbonyl (C=O) groups is 2. The number of amides is 2. The van der Waals surface area contributed by atoms with Gasteiger partial charge in [-0.25, -0.2) is 19.2 Å². The second-order valence-corrected chi connectivity index (χ2v) is 13.5. The SMILES string of the molecule is CSc1nc2c(F)c(Br)c(CCC#N)cc2c2c1nc(CCC(=O)N(C)C)n2C1C2CC1N(C(=O)OC(C)(C)C)C2. The molecule has 2 bridgehead atoms. The molecule has 9 nitrogen and oxygen atoms in total. The number of pyridine rings is 1. The van der Waals surface area contributed by atoms with E-state index in [1.54, 1.807) is 23.9 Å². The molecule has 6 rings (SSSR count). The molecule has 0 radical (unpaired) electrons. The van der Waals surface area contributed by atoms with Crippen LogP contribution in [0.1, 0.15) is 57.5 Å². The average Bonchev–Trinajstić information content (AvgIpc) is 3.60. The monoisotopic (exact) mass is 644 g/mol. The van der Waals surface area contributed by atoms with Crippen LogP contribution in [0.15, 0.2) is 15.6 Å². The van der Waals surface area contributed by atoms with Crippen LogP contribution in [0.5, 0.6) is 0 Å². The molecule has 41 heavy (non-hydrogen) atoms. The van der Waals surface area contributed by atoms with Crippen molar-refractivity contribution in [3.8, 4) is 6.07 Å². The fourth-order valence-corrected chi connectivity index (χ4v) is 6.98. The molecule has 4 heterocycles. The number of hydrogen-bond donors (Lipinski definition) is 0. The molecule has 218 valence electrons. The molecule has 0 N–H and O–H groups in total. The summed E-state index contributed by atoms with van der Waals surface area (Å²) in [6, 6.07) is 3.85. The van der Waals surface area contributed by atoms with Crippen molar-refractivity contribution in [1.29, 1.82) is 5.26 Å². The van der Waals surface area contributed by atoms with Gasteiger partial charge in [-0.1, -0.05) is 0 Å². The molecule has 2 aromatic heterocycles. The van der Waals surface area contributed by atoms with Gasteiger partial charge in [0.1, 0.15) is 27.5 Å². The van der Waals surface area contributed by atoms with Crippen LogP contribution in [0, 0.1) is 23.1 Å². The highest BCUT2D eigenvalue weighted by atomic mass is 79.9. The standard InChI is InChI=1S/C29H34BrFN6O3S/c1-29(2,3)40-28(39)36-14-16-13-18(36)25(16)37-19(9-10-20(38)35(4)5)33-24-26(37)17-12-15(8-7-11-32)21(30)22(31)23(17)34-27(24)41-6/h12,16,18,25H,7-10,13-14H2,1-6H3. The molecule has 3 atom stereocenters. The Labute approximate surface area is 251 Å². The van der Waals surface area contributed by atoms with E-state index in [-0.39, 0.29) is 48.4 Å². The molecule has 3 aromatic rings. The number of nitrogens with zero attached hydrogens (tertiary/aromatic N) is 6. The first-order chi connectivity index (χ1) is 19.4. The summed E-state index contributed by atoms with van der Waals surface area (Å²) in [6.07, 6.45) is 3.67. The minimum atomic E-state index is -0.612. The number of imidazole rings is 1. The van der Waals surface area contributed by atoms with Crippen molar-refractivity contribution in [2.45, 2.75) is 75.6 Å². The Balaban J connectivity index is 1.72. The number of nitriles is 1. The number of aryl methyl sites for hydroxylation is 2. The highest BCUT2D eigenvalue weighted by Crippen LogP contribution is 2.52. The van der Waals surface area contributed by atoms with Crippen LogP contribution >= 0.6 is 27.7 Å². The van der Waals surface area contributed by atoms with Crippen LogP contribution in [0.4, 0.5) is 9.18 Å². The maximum Gasteiger partial charge on any atom is 0.410 e. The van der Waals surface area contributed by atoms with Crippen molar-refractivity contribution in [3.05, 3.63) is 27.7 Å². The molecule has 2 saturated heterocycles. The van der Waals surface area contributed by atoms with Crippen LogP contribution in [-0.2, 0) is 22.4 Å². The fourth-order valence-electron chi connectivity index (χ4n) is 5.96. The zero-order valence-electron chi connectivity index (χ0n) is 24.1. The summed E-state index contributed by atoms with van der Waals surface area (Å²) in [6.45, 7) is 6.12. The first-order valence-electron chi connectivity index (χ1n) is 13.7. The second kappa shape index (κ2) is 11.1. The zero-order valence-corrected chi connectivity index (χ0v) is 26.5. The molecule has 1 saturated carbocycles. The predicted octanol–water partition coefficient (Wildman–Crippen LogP) is 5.87. The van der Waals surface area contributed by atoms with Gasteiger partial charge in [-0.3, -0.25) is 4.79 Å². The van der Waals surface area contributed by atoms with Gasteiger partial charge in [0, 0.05) is 51.2 Å². The molecular formula is C29H34BrFN6O3S. The van der Waals surface area contributed by atoms with E-state index in [2.05, 4.69) is 31.6 Å². The smallest absolute Gasteiger partial charge is 0.410 e. The average molecular weight is 646 g/mol. The molecule has 1 aromatic carbocycles. The van der Waals surface area contributed by atoms with Gasteiger partial charge in [0.2, 0.25) is 5.91 Å². The van der Waals surface area contributed by atoms with Gasteiger partial charge in [0.05, 0.1) is 28.1 Å². The molecule has 1 aliphatic carbocycles. The summed E-state index contributed by atoms with van der Waals surface area (Å²) >= 11 is 4.79. The number of rotatable bonds is 7. The Hall–Kier alpha value is -2.91. The molecular weight excluding hydrogens is 611 g/mol. The third-order valence-electron chi connectivity index (χ3n) is 7.85. The lowest BCUT2D eigenvalue weighted by atomic mass is 9.79. The maximum absolute atomic E-state index is 15.8. The van der Waals surface area contributed by atoms with Crippen LogP contribution < -0.4 is 0 Å². The van der Waals surface area contributed by atoms with E-state index in [1.807, 2.05) is 33.1 Å². The van der Waals surface area contributed by atoms with E-state index in [0.717, 1.165) is 11.9 Å². The van der Waals surface area contributed by atoms with Gasteiger partial charge >= 0.3 is 6.09 Å². The summed E-state index contributed by atoms with van der Waals surface area (Å²) in [5, 5.41) is 10.4. The molecule has 3 aliphatic rings. The summed E-state index contributed by atoms with van der Waals surface area (Å²) in [5.41, 5.74) is 1.70. The summed E-state index contributed by atoms with van der Waals surface area (Å²) in [4.78, 5) is 38.8. The maximum atomic E-state index is 15.8. The minimum absolute atomic E-state index is 0.0163. The Kier molecular flexibility index (Phi) is 7.98. The third kappa shape index (κ3) is 5.27. The Morgan fingerprint density at radius 2 is 2.00 bits per heavy atom. The van der Waals surface area contributed by atoms with Gasteiger partial charge < -0.3 is 19.1 Å². The molecule has 3 unspecified atom stereocenters. The topological polar surface area (TPSA) is 104 Å². The number of carbonyl (C=O) groups excluding carboxylic acids is 2. The molecule has 12 heteroatoms. The number of benzene rings is 1. The number of aromatic nitrogens is 3. The van der Waals surface area contributed by atoms with E-state index in [4.69, 9.17) is 9.72 Å². The molecule has 2 amide bonds. The number of thioether (sulfide) groups is 1. The first-order valence-corrected chi connectivity index (χ1v) is 15.7. The van der Waals surface area contributed by atoms with Crippen molar-refractivity contribution in [2.24, 2.45) is 5.92 Å². The van der Waals surface area contributed by atoms with Crippen LogP contribution in [-0.4, -0.2) is 74.9 Å². The lowest BCUT2D eigenvalue weighted by Crippen LogP contribution is -2.44. The normalized spacial score (nSPS) is 19.9. The van der Waals surface area contributed by atoms with Gasteiger partial charge in [-0.05, 0) is 67.4 Å². The third-order valence-corrected chi connectivity index (χ3v) is 9.38. The van der Waals surface area contributed by atoms with E-state index in [1.165, 1.54) is 11.8 Å². The molecule has 3 fully saturated rings. The van der Waals surface area contributed by atoms with E-state index < -0.39 is 11.4 Å². The largest absolute Gasteiger partial charge is 0.444 e. The van der Waals surface area contributed by atoms with Crippen LogP contribution in [0.2, 0.25) is 0 Å². The van der Waals surface area contributed by atoms with Gasteiger partial charge in [0.25, 0.3) is 0 Å². The van der Waals surface area contributed by atoms with Gasteiger partial charge in [0.15, 0.2) is 5.82 Å². The lowest BCUT2D eigenvalue weighted by Gasteiger charge is -2.39. The van der Waals surface area contributed by atoms with Crippen molar-refractivity contribution in [1.82, 2.24) is 24.3 Å². The van der Waals surface area contributed by atoms with Crippen LogP contribution in [0.25, 0.3) is 21.9 Å².